The van der Waals surface area contributed by atoms with E-state index >= 15 is 0 Å². The molecule has 1 rings (SSSR count). The Bertz CT molecular complexity index is 130. The van der Waals surface area contributed by atoms with Gasteiger partial charge >= 0.3 is 0 Å². The summed E-state index contributed by atoms with van der Waals surface area (Å²) in [6.07, 6.45) is 1.15. The summed E-state index contributed by atoms with van der Waals surface area (Å²) < 4.78 is 4.54. The zero-order valence-electron chi connectivity index (χ0n) is 8.54. The van der Waals surface area contributed by atoms with Crippen molar-refractivity contribution in [1.29, 1.82) is 0 Å². The van der Waals surface area contributed by atoms with Crippen LogP contribution in [-0.2, 0) is 0 Å². The molecule has 1 aliphatic heterocycles. The highest BCUT2D eigenvalue weighted by Crippen LogP contribution is 2.03. The molecule has 1 aliphatic rings. The van der Waals surface area contributed by atoms with Gasteiger partial charge in [0.15, 0.2) is 0 Å². The zero-order valence-corrected chi connectivity index (χ0v) is 8.54. The summed E-state index contributed by atoms with van der Waals surface area (Å²) in [7, 11) is 4.32. The van der Waals surface area contributed by atoms with Crippen LogP contribution in [0.5, 0.6) is 0 Å². The van der Waals surface area contributed by atoms with Gasteiger partial charge in [-0.2, -0.15) is 0 Å². The summed E-state index contributed by atoms with van der Waals surface area (Å²) in [5, 5.41) is 3.54. The molecular formula is C6H17B3N3. The summed E-state index contributed by atoms with van der Waals surface area (Å²) in [6.45, 7) is 8.62. The zero-order chi connectivity index (χ0) is 9.14. The lowest BCUT2D eigenvalue weighted by Gasteiger charge is -2.40. The Balaban J connectivity index is 2.49. The van der Waals surface area contributed by atoms with E-state index in [1.807, 2.05) is 0 Å². The van der Waals surface area contributed by atoms with Gasteiger partial charge in [-0.25, -0.2) is 0 Å². The summed E-state index contributed by atoms with van der Waals surface area (Å²) >= 11 is 0. The maximum absolute atomic E-state index is 3.54. The van der Waals surface area contributed by atoms with Crippen molar-refractivity contribution in [3.05, 3.63) is 0 Å². The van der Waals surface area contributed by atoms with E-state index in [-0.39, 0.29) is 0 Å². The first-order chi connectivity index (χ1) is 5.69. The van der Waals surface area contributed by atoms with E-state index in [1.165, 1.54) is 0 Å². The second kappa shape index (κ2) is 4.35. The molecule has 0 aromatic heterocycles. The summed E-state index contributed by atoms with van der Waals surface area (Å²) in [5.74, 6) is 0. The largest absolute Gasteiger partial charge is 0.371 e. The highest BCUT2D eigenvalue weighted by Gasteiger charge is 2.32. The van der Waals surface area contributed by atoms with Gasteiger partial charge in [-0.1, -0.05) is 20.7 Å². The first kappa shape index (κ1) is 10.2. The van der Waals surface area contributed by atoms with E-state index in [2.05, 4.69) is 49.9 Å². The van der Waals surface area contributed by atoms with Crippen molar-refractivity contribution in [3.63, 3.8) is 0 Å². The molecule has 0 aromatic rings. The molecule has 65 valence electrons. The van der Waals surface area contributed by atoms with Crippen molar-refractivity contribution < 1.29 is 0 Å². The Hall–Kier alpha value is 0.0748. The van der Waals surface area contributed by atoms with Gasteiger partial charge in [0, 0.05) is 0 Å². The molecule has 0 aromatic carbocycles. The third-order valence-electron chi connectivity index (χ3n) is 2.50. The van der Waals surface area contributed by atoms with E-state index < -0.39 is 0 Å². The Morgan fingerprint density at radius 1 is 1.42 bits per heavy atom. The molecule has 0 unspecified atom stereocenters. The van der Waals surface area contributed by atoms with Gasteiger partial charge < -0.3 is 14.6 Å². The lowest BCUT2D eigenvalue weighted by Crippen LogP contribution is -2.69. The molecule has 1 heterocycles. The average Bonchev–Trinajstić information content (AvgIpc) is 2.08. The van der Waals surface area contributed by atoms with Crippen LogP contribution < -0.4 is 5.14 Å². The number of hydrogen-bond acceptors (Lipinski definition) is 3. The Kier molecular flexibility index (Phi) is 3.68. The number of hydrogen-bond donors (Lipinski definition) is 1. The van der Waals surface area contributed by atoms with Crippen LogP contribution in [-0.4, -0.2) is 44.6 Å². The number of rotatable bonds is 2. The van der Waals surface area contributed by atoms with Gasteiger partial charge in [0.2, 0.25) is 0 Å². The molecule has 0 amide bonds. The van der Waals surface area contributed by atoms with E-state index in [4.69, 9.17) is 0 Å². The minimum Gasteiger partial charge on any atom is -0.371 e. The van der Waals surface area contributed by atoms with E-state index in [1.54, 1.807) is 0 Å². The molecular weight excluding hydrogens is 147 g/mol. The van der Waals surface area contributed by atoms with Crippen LogP contribution in [0.3, 0.4) is 0 Å². The normalized spacial score (nSPS) is 21.3. The van der Waals surface area contributed by atoms with Crippen molar-refractivity contribution in [2.24, 2.45) is 0 Å². The monoisotopic (exact) mass is 164 g/mol. The van der Waals surface area contributed by atoms with Gasteiger partial charge in [-0.05, 0) is 19.9 Å². The Labute approximate surface area is 77.4 Å². The lowest BCUT2D eigenvalue weighted by atomic mass is 9.52. The molecule has 1 radical (unpaired) electrons. The van der Waals surface area contributed by atoms with Crippen LogP contribution in [0.25, 0.3) is 0 Å². The van der Waals surface area contributed by atoms with Crippen LogP contribution in [0.15, 0.2) is 0 Å². The van der Waals surface area contributed by atoms with Crippen LogP contribution in [0.4, 0.5) is 0 Å². The van der Waals surface area contributed by atoms with E-state index in [0.717, 1.165) is 12.9 Å². The second-order valence-electron chi connectivity index (χ2n) is 3.38. The maximum Gasteiger partial charge on any atom is 0.290 e. The molecule has 3 nitrogen and oxygen atoms in total. The third kappa shape index (κ3) is 2.06. The lowest BCUT2D eigenvalue weighted by molar-refractivity contribution is 0.601. The average molecular weight is 164 g/mol. The molecule has 0 spiro atoms. The highest BCUT2D eigenvalue weighted by atomic mass is 15.2. The topological polar surface area (TPSA) is 18.5 Å². The summed E-state index contributed by atoms with van der Waals surface area (Å²) in [4.78, 5) is 0. The quantitative estimate of drug-likeness (QED) is 0.579. The molecule has 0 bridgehead atoms. The van der Waals surface area contributed by atoms with Gasteiger partial charge in [0.05, 0.1) is 0 Å². The fourth-order valence-corrected chi connectivity index (χ4v) is 1.67. The fourth-order valence-electron chi connectivity index (χ4n) is 1.67. The Morgan fingerprint density at radius 2 is 2.08 bits per heavy atom. The molecule has 6 heteroatoms. The smallest absolute Gasteiger partial charge is 0.290 e. The molecule has 1 saturated heterocycles. The predicted octanol–water partition coefficient (Wildman–Crippen LogP) is 0.00360. The minimum atomic E-state index is 0.469. The molecule has 1 fully saturated rings. The number of nitrogens with one attached hydrogen (secondary N) is 1. The van der Waals surface area contributed by atoms with Crippen molar-refractivity contribution in [1.82, 2.24) is 14.6 Å². The molecule has 0 aliphatic carbocycles. The second-order valence-corrected chi connectivity index (χ2v) is 3.38. The van der Waals surface area contributed by atoms with Crippen molar-refractivity contribution >= 4 is 21.5 Å². The van der Waals surface area contributed by atoms with E-state index in [0.29, 0.717) is 14.0 Å². The van der Waals surface area contributed by atoms with Gasteiger partial charge in [0.1, 0.15) is 0 Å². The predicted molar refractivity (Wildman–Crippen MR) is 56.9 cm³/mol. The van der Waals surface area contributed by atoms with Gasteiger partial charge in [-0.3, -0.25) is 0 Å². The van der Waals surface area contributed by atoms with Gasteiger partial charge in [0.25, 0.3) is 21.5 Å². The van der Waals surface area contributed by atoms with E-state index in [9.17, 15) is 0 Å². The van der Waals surface area contributed by atoms with Crippen LogP contribution in [0.1, 0.15) is 13.8 Å². The molecule has 0 saturated carbocycles. The number of nitrogens with zero attached hydrogens (tertiary/aromatic N) is 2. The highest BCUT2D eigenvalue weighted by molar-refractivity contribution is 6.80. The first-order valence-electron chi connectivity index (χ1n) is 4.77. The molecule has 0 atom stereocenters. The third-order valence-corrected chi connectivity index (χ3v) is 2.50. The van der Waals surface area contributed by atoms with Crippen molar-refractivity contribution in [3.8, 4) is 0 Å². The summed E-state index contributed by atoms with van der Waals surface area (Å²) in [6, 6.07) is 0. The van der Waals surface area contributed by atoms with Gasteiger partial charge in [-0.15, -0.1) is 0 Å². The fraction of sp³-hybridized carbons (Fsp3) is 1.00. The maximum atomic E-state index is 3.54. The molecule has 12 heavy (non-hydrogen) atoms. The van der Waals surface area contributed by atoms with Crippen LogP contribution in [0, 0.1) is 0 Å². The summed E-state index contributed by atoms with van der Waals surface area (Å²) in [5.41, 5.74) is 0. The van der Waals surface area contributed by atoms with Crippen LogP contribution >= 0.6 is 0 Å². The SMILES string of the molecule is CCB1NB(C)N(CC)[B]N1C. The van der Waals surface area contributed by atoms with Crippen molar-refractivity contribution in [2.75, 3.05) is 13.6 Å². The van der Waals surface area contributed by atoms with Crippen LogP contribution in [0.2, 0.25) is 13.1 Å². The minimum absolute atomic E-state index is 0.469. The standard InChI is InChI=1S/C6H17B3N3/c1-5-9-10-8(3)12(6-2)7-11(9)4/h10H,5-6H2,1-4H3. The van der Waals surface area contributed by atoms with Crippen molar-refractivity contribution in [2.45, 2.75) is 27.0 Å². The first-order valence-corrected chi connectivity index (χ1v) is 4.77. The molecule has 1 N–H and O–H groups in total. The Morgan fingerprint density at radius 3 is 2.58 bits per heavy atom.